The van der Waals surface area contributed by atoms with Crippen molar-refractivity contribution in [2.75, 3.05) is 0 Å². The smallest absolute Gasteiger partial charge is 0.338 e. The van der Waals surface area contributed by atoms with E-state index < -0.39 is 17.8 Å². The first kappa shape index (κ1) is 16.7. The second-order valence-corrected chi connectivity index (χ2v) is 5.46. The summed E-state index contributed by atoms with van der Waals surface area (Å²) in [6.07, 6.45) is 0. The van der Waals surface area contributed by atoms with Gasteiger partial charge in [0.05, 0.1) is 11.1 Å². The lowest BCUT2D eigenvalue weighted by atomic mass is 10.0. The van der Waals surface area contributed by atoms with E-state index in [4.69, 9.17) is 9.84 Å². The third-order valence-electron chi connectivity index (χ3n) is 3.58. The number of hydrogen-bond donors (Lipinski definition) is 1. The van der Waals surface area contributed by atoms with Crippen LogP contribution in [0.3, 0.4) is 0 Å². The molecule has 0 aliphatic rings. The van der Waals surface area contributed by atoms with Gasteiger partial charge in [-0.1, -0.05) is 23.8 Å². The number of aromatic carboxylic acids is 1. The largest absolute Gasteiger partial charge is 0.478 e. The van der Waals surface area contributed by atoms with Gasteiger partial charge in [0.25, 0.3) is 0 Å². The zero-order chi connectivity index (χ0) is 17.1. The number of carbonyl (C=O) groups excluding carboxylic acids is 1. The molecule has 0 bridgehead atoms. The minimum atomic E-state index is -1.09. The number of benzene rings is 2. The second-order valence-electron chi connectivity index (χ2n) is 5.46. The SMILES string of the molecule is Cc1ccc(C(=O)O)c(COC(=O)c2cc(F)c(C)cc2C)c1. The van der Waals surface area contributed by atoms with E-state index in [1.165, 1.54) is 6.07 Å². The average molecular weight is 316 g/mol. The van der Waals surface area contributed by atoms with Crippen LogP contribution in [0.5, 0.6) is 0 Å². The van der Waals surface area contributed by atoms with E-state index in [1.54, 1.807) is 32.0 Å². The fourth-order valence-electron chi connectivity index (χ4n) is 2.32. The number of rotatable bonds is 4. The van der Waals surface area contributed by atoms with Gasteiger partial charge in [-0.25, -0.2) is 14.0 Å². The minimum absolute atomic E-state index is 0.0789. The number of ether oxygens (including phenoxy) is 1. The Morgan fingerprint density at radius 1 is 1.04 bits per heavy atom. The van der Waals surface area contributed by atoms with Gasteiger partial charge in [-0.15, -0.1) is 0 Å². The van der Waals surface area contributed by atoms with E-state index in [-0.39, 0.29) is 17.7 Å². The fraction of sp³-hybridized carbons (Fsp3) is 0.222. The summed E-state index contributed by atoms with van der Waals surface area (Å²) in [5, 5.41) is 9.16. The molecule has 0 heterocycles. The van der Waals surface area contributed by atoms with Crippen molar-refractivity contribution >= 4 is 11.9 Å². The fourth-order valence-corrected chi connectivity index (χ4v) is 2.32. The summed E-state index contributed by atoms with van der Waals surface area (Å²) in [6.45, 7) is 4.94. The number of hydrogen-bond acceptors (Lipinski definition) is 3. The highest BCUT2D eigenvalue weighted by atomic mass is 19.1. The van der Waals surface area contributed by atoms with Crippen molar-refractivity contribution in [2.24, 2.45) is 0 Å². The van der Waals surface area contributed by atoms with Gasteiger partial charge in [0.1, 0.15) is 12.4 Å². The molecule has 2 rings (SSSR count). The van der Waals surface area contributed by atoms with Gasteiger partial charge in [-0.05, 0) is 44.0 Å². The Hall–Kier alpha value is -2.69. The summed E-state index contributed by atoms with van der Waals surface area (Å²) in [4.78, 5) is 23.3. The standard InChI is InChI=1S/C18H17FO4/c1-10-4-5-14(17(20)21)13(6-10)9-23-18(22)15-8-16(19)12(3)7-11(15)2/h4-8H,9H2,1-3H3,(H,20,21). The third kappa shape index (κ3) is 3.74. The van der Waals surface area contributed by atoms with Gasteiger partial charge in [0.2, 0.25) is 0 Å². The molecule has 0 aromatic heterocycles. The van der Waals surface area contributed by atoms with E-state index in [0.29, 0.717) is 16.7 Å². The number of halogens is 1. The molecule has 0 aliphatic heterocycles. The highest BCUT2D eigenvalue weighted by Crippen LogP contribution is 2.18. The van der Waals surface area contributed by atoms with E-state index in [1.807, 2.05) is 6.92 Å². The summed E-state index contributed by atoms with van der Waals surface area (Å²) in [5.74, 6) is -2.25. The Morgan fingerprint density at radius 3 is 2.39 bits per heavy atom. The zero-order valence-corrected chi connectivity index (χ0v) is 13.1. The van der Waals surface area contributed by atoms with Crippen LogP contribution < -0.4 is 0 Å². The van der Waals surface area contributed by atoms with Crippen molar-refractivity contribution in [1.82, 2.24) is 0 Å². The Bertz CT molecular complexity index is 781. The van der Waals surface area contributed by atoms with Crippen LogP contribution in [-0.4, -0.2) is 17.0 Å². The van der Waals surface area contributed by atoms with Crippen molar-refractivity contribution in [1.29, 1.82) is 0 Å². The summed E-state index contributed by atoms with van der Waals surface area (Å²) in [6, 6.07) is 7.51. The van der Waals surface area contributed by atoms with Crippen LogP contribution in [0.1, 0.15) is 43.0 Å². The number of carbonyl (C=O) groups is 2. The van der Waals surface area contributed by atoms with Crippen LogP contribution in [0, 0.1) is 26.6 Å². The Morgan fingerprint density at radius 2 is 1.74 bits per heavy atom. The number of carboxylic acid groups (broad SMARTS) is 1. The van der Waals surface area contributed by atoms with Gasteiger partial charge < -0.3 is 9.84 Å². The minimum Gasteiger partial charge on any atom is -0.478 e. The zero-order valence-electron chi connectivity index (χ0n) is 13.1. The molecule has 1 N–H and O–H groups in total. The molecule has 0 radical (unpaired) electrons. The van der Waals surface area contributed by atoms with Gasteiger partial charge in [-0.2, -0.15) is 0 Å². The first-order chi connectivity index (χ1) is 10.8. The molecule has 2 aromatic rings. The van der Waals surface area contributed by atoms with Crippen LogP contribution in [0.4, 0.5) is 4.39 Å². The van der Waals surface area contributed by atoms with E-state index >= 15 is 0 Å². The Balaban J connectivity index is 2.22. The molecule has 0 saturated heterocycles. The molecule has 0 amide bonds. The first-order valence-electron chi connectivity index (χ1n) is 7.06. The van der Waals surface area contributed by atoms with Gasteiger partial charge in [0.15, 0.2) is 0 Å². The van der Waals surface area contributed by atoms with Gasteiger partial charge >= 0.3 is 11.9 Å². The monoisotopic (exact) mass is 316 g/mol. The number of aryl methyl sites for hydroxylation is 3. The quantitative estimate of drug-likeness (QED) is 0.871. The van der Waals surface area contributed by atoms with Gasteiger partial charge in [0, 0.05) is 5.56 Å². The van der Waals surface area contributed by atoms with Crippen LogP contribution in [0.2, 0.25) is 0 Å². The van der Waals surface area contributed by atoms with Crippen molar-refractivity contribution in [3.05, 3.63) is 69.5 Å². The van der Waals surface area contributed by atoms with Crippen molar-refractivity contribution in [3.63, 3.8) is 0 Å². The molecule has 0 spiro atoms. The lowest BCUT2D eigenvalue weighted by Crippen LogP contribution is -2.11. The molecule has 2 aromatic carbocycles. The van der Waals surface area contributed by atoms with Crippen molar-refractivity contribution < 1.29 is 23.8 Å². The highest BCUT2D eigenvalue weighted by molar-refractivity contribution is 5.92. The topological polar surface area (TPSA) is 63.6 Å². The third-order valence-corrected chi connectivity index (χ3v) is 3.58. The summed E-state index contributed by atoms with van der Waals surface area (Å²) in [7, 11) is 0. The molecule has 0 fully saturated rings. The molecular weight excluding hydrogens is 299 g/mol. The lowest BCUT2D eigenvalue weighted by Gasteiger charge is -2.11. The lowest BCUT2D eigenvalue weighted by molar-refractivity contribution is 0.0464. The van der Waals surface area contributed by atoms with Crippen molar-refractivity contribution in [2.45, 2.75) is 27.4 Å². The van der Waals surface area contributed by atoms with E-state index in [9.17, 15) is 14.0 Å². The normalized spacial score (nSPS) is 10.4. The molecule has 0 atom stereocenters. The predicted octanol–water partition coefficient (Wildman–Crippen LogP) is 3.81. The molecule has 120 valence electrons. The van der Waals surface area contributed by atoms with Crippen LogP contribution in [-0.2, 0) is 11.3 Å². The van der Waals surface area contributed by atoms with Gasteiger partial charge in [-0.3, -0.25) is 0 Å². The predicted molar refractivity (Wildman–Crippen MR) is 83.1 cm³/mol. The Kier molecular flexibility index (Phi) is 4.79. The van der Waals surface area contributed by atoms with Crippen molar-refractivity contribution in [3.8, 4) is 0 Å². The molecule has 5 heteroatoms. The molecular formula is C18H17FO4. The van der Waals surface area contributed by atoms with E-state index in [2.05, 4.69) is 0 Å². The molecule has 0 aliphatic carbocycles. The molecule has 4 nitrogen and oxygen atoms in total. The second kappa shape index (κ2) is 6.60. The number of esters is 1. The summed E-state index contributed by atoms with van der Waals surface area (Å²) in [5.41, 5.74) is 2.53. The average Bonchev–Trinajstić information content (AvgIpc) is 2.48. The summed E-state index contributed by atoms with van der Waals surface area (Å²) < 4.78 is 18.8. The number of carboxylic acids is 1. The van der Waals surface area contributed by atoms with E-state index in [0.717, 1.165) is 11.6 Å². The molecule has 0 unspecified atom stereocenters. The first-order valence-corrected chi connectivity index (χ1v) is 7.06. The molecule has 0 saturated carbocycles. The summed E-state index contributed by atoms with van der Waals surface area (Å²) >= 11 is 0. The maximum atomic E-state index is 13.6. The van der Waals surface area contributed by atoms with Crippen LogP contribution in [0.25, 0.3) is 0 Å². The Labute approximate surface area is 133 Å². The highest BCUT2D eigenvalue weighted by Gasteiger charge is 2.16. The van der Waals surface area contributed by atoms with Crippen LogP contribution >= 0.6 is 0 Å². The van der Waals surface area contributed by atoms with Crippen LogP contribution in [0.15, 0.2) is 30.3 Å². The molecule has 23 heavy (non-hydrogen) atoms. The maximum absolute atomic E-state index is 13.6. The maximum Gasteiger partial charge on any atom is 0.338 e.